The van der Waals surface area contributed by atoms with Crippen molar-refractivity contribution in [2.75, 3.05) is 0 Å². The van der Waals surface area contributed by atoms with Gasteiger partial charge in [-0.2, -0.15) is 0 Å². The highest BCUT2D eigenvalue weighted by molar-refractivity contribution is 5.90. The van der Waals surface area contributed by atoms with Crippen LogP contribution >= 0.6 is 0 Å². The molecular formula is C10H16N2O6. The van der Waals surface area contributed by atoms with Crippen molar-refractivity contribution in [1.82, 2.24) is 10.6 Å². The maximum atomic E-state index is 11.4. The Hall–Kier alpha value is -2.12. The molecule has 0 aliphatic heterocycles. The fourth-order valence-corrected chi connectivity index (χ4v) is 1.000. The Bertz CT molecular complexity index is 354. The molecule has 0 aromatic carbocycles. The topological polar surface area (TPSA) is 133 Å². The fraction of sp³-hybridized carbons (Fsp3) is 0.600. The largest absolute Gasteiger partial charge is 0.481 e. The molecule has 0 fully saturated rings. The Morgan fingerprint density at radius 2 is 1.50 bits per heavy atom. The summed E-state index contributed by atoms with van der Waals surface area (Å²) in [6.45, 7) is 2.67. The van der Waals surface area contributed by atoms with E-state index < -0.39 is 35.8 Å². The summed E-state index contributed by atoms with van der Waals surface area (Å²) in [6.07, 6.45) is -0.562. The zero-order chi connectivity index (χ0) is 14.3. The van der Waals surface area contributed by atoms with E-state index in [0.717, 1.165) is 0 Å². The lowest BCUT2D eigenvalue weighted by molar-refractivity contribution is -0.142. The van der Waals surface area contributed by atoms with E-state index in [9.17, 15) is 19.2 Å². The number of carbonyl (C=O) groups is 4. The van der Waals surface area contributed by atoms with E-state index in [4.69, 9.17) is 10.2 Å². The van der Waals surface area contributed by atoms with E-state index >= 15 is 0 Å². The van der Waals surface area contributed by atoms with Crippen LogP contribution in [0.4, 0.5) is 0 Å². The molecule has 0 bridgehead atoms. The number of rotatable bonds is 7. The normalized spacial score (nSPS) is 13.2. The highest BCUT2D eigenvalue weighted by Gasteiger charge is 2.20. The number of hydrogen-bond acceptors (Lipinski definition) is 4. The molecule has 0 aromatic rings. The second-order valence-electron chi connectivity index (χ2n) is 3.75. The first-order valence-corrected chi connectivity index (χ1v) is 5.28. The van der Waals surface area contributed by atoms with Crippen molar-refractivity contribution in [2.24, 2.45) is 0 Å². The maximum Gasteiger partial charge on any atom is 0.325 e. The van der Waals surface area contributed by atoms with Crippen molar-refractivity contribution in [3.8, 4) is 0 Å². The molecule has 0 aliphatic carbocycles. The van der Waals surface area contributed by atoms with Crippen LogP contribution in [0.1, 0.15) is 26.7 Å². The summed E-state index contributed by atoms with van der Waals surface area (Å²) in [5.41, 5.74) is 0. The molecule has 0 heterocycles. The zero-order valence-electron chi connectivity index (χ0n) is 10.1. The molecule has 4 N–H and O–H groups in total. The molecule has 0 rings (SSSR count). The van der Waals surface area contributed by atoms with Crippen molar-refractivity contribution in [3.63, 3.8) is 0 Å². The van der Waals surface area contributed by atoms with E-state index in [0.29, 0.717) is 0 Å². The standard InChI is InChI=1S/C10H16N2O6/c1-5(9(16)12-6(2)10(17)18)11-7(13)3-4-8(14)15/h5-6H,3-4H2,1-2H3,(H,11,13)(H,12,16)(H,14,15)(H,17,18). The van der Waals surface area contributed by atoms with Crippen molar-refractivity contribution in [3.05, 3.63) is 0 Å². The van der Waals surface area contributed by atoms with E-state index in [1.165, 1.54) is 13.8 Å². The van der Waals surface area contributed by atoms with Gasteiger partial charge in [-0.05, 0) is 13.8 Å². The molecule has 8 nitrogen and oxygen atoms in total. The molecule has 0 spiro atoms. The number of carbonyl (C=O) groups excluding carboxylic acids is 2. The predicted molar refractivity (Wildman–Crippen MR) is 59.7 cm³/mol. The molecule has 102 valence electrons. The lowest BCUT2D eigenvalue weighted by atomic mass is 10.2. The quantitative estimate of drug-likeness (QED) is 0.461. The van der Waals surface area contributed by atoms with Crippen molar-refractivity contribution in [1.29, 1.82) is 0 Å². The van der Waals surface area contributed by atoms with Gasteiger partial charge in [0.15, 0.2) is 0 Å². The van der Waals surface area contributed by atoms with E-state index in [2.05, 4.69) is 10.6 Å². The van der Waals surface area contributed by atoms with Gasteiger partial charge in [0, 0.05) is 6.42 Å². The van der Waals surface area contributed by atoms with E-state index in [-0.39, 0.29) is 12.8 Å². The minimum atomic E-state index is -1.19. The smallest absolute Gasteiger partial charge is 0.325 e. The summed E-state index contributed by atoms with van der Waals surface area (Å²) in [4.78, 5) is 43.3. The minimum absolute atomic E-state index is 0.235. The van der Waals surface area contributed by atoms with Gasteiger partial charge in [0.05, 0.1) is 6.42 Å². The molecule has 0 radical (unpaired) electrons. The first-order chi connectivity index (χ1) is 8.23. The molecule has 2 atom stereocenters. The summed E-state index contributed by atoms with van der Waals surface area (Å²) in [6, 6.07) is -1.98. The van der Waals surface area contributed by atoms with Gasteiger partial charge in [0.1, 0.15) is 12.1 Å². The average molecular weight is 260 g/mol. The highest BCUT2D eigenvalue weighted by atomic mass is 16.4. The van der Waals surface area contributed by atoms with Crippen LogP contribution in [0.25, 0.3) is 0 Å². The number of carboxylic acids is 2. The average Bonchev–Trinajstić information content (AvgIpc) is 2.25. The SMILES string of the molecule is CC(NC(=O)C(C)NC(=O)CCC(=O)O)C(=O)O. The monoisotopic (exact) mass is 260 g/mol. The third kappa shape index (κ3) is 6.46. The van der Waals surface area contributed by atoms with Crippen molar-refractivity contribution >= 4 is 23.8 Å². The molecule has 2 unspecified atom stereocenters. The molecule has 0 aromatic heterocycles. The maximum absolute atomic E-state index is 11.4. The summed E-state index contributed by atoms with van der Waals surface area (Å²) >= 11 is 0. The lowest BCUT2D eigenvalue weighted by Gasteiger charge is -2.15. The molecule has 2 amide bonds. The zero-order valence-corrected chi connectivity index (χ0v) is 10.1. The van der Waals surface area contributed by atoms with Crippen molar-refractivity contribution in [2.45, 2.75) is 38.8 Å². The summed E-state index contributed by atoms with van der Waals surface area (Å²) in [7, 11) is 0. The van der Waals surface area contributed by atoms with Crippen LogP contribution in [0.3, 0.4) is 0 Å². The molecular weight excluding hydrogens is 244 g/mol. The van der Waals surface area contributed by atoms with Gasteiger partial charge in [-0.1, -0.05) is 0 Å². The van der Waals surface area contributed by atoms with Crippen LogP contribution in [-0.2, 0) is 19.2 Å². The Balaban J connectivity index is 4.11. The van der Waals surface area contributed by atoms with Crippen LogP contribution in [0, 0.1) is 0 Å². The van der Waals surface area contributed by atoms with Gasteiger partial charge in [-0.15, -0.1) is 0 Å². The van der Waals surface area contributed by atoms with Crippen LogP contribution in [0.15, 0.2) is 0 Å². The number of amides is 2. The van der Waals surface area contributed by atoms with Crippen LogP contribution in [-0.4, -0.2) is 46.0 Å². The Labute approximate surface area is 103 Å². The predicted octanol–water partition coefficient (Wildman–Crippen LogP) is -1.05. The van der Waals surface area contributed by atoms with Gasteiger partial charge < -0.3 is 20.8 Å². The number of aliphatic carboxylic acids is 2. The summed E-state index contributed by atoms with van der Waals surface area (Å²) in [5, 5.41) is 21.4. The lowest BCUT2D eigenvalue weighted by Crippen LogP contribution is -2.49. The van der Waals surface area contributed by atoms with E-state index in [1.54, 1.807) is 0 Å². The molecule has 0 saturated carbocycles. The van der Waals surface area contributed by atoms with Crippen molar-refractivity contribution < 1.29 is 29.4 Å². The third-order valence-electron chi connectivity index (χ3n) is 2.07. The number of carboxylic acid groups (broad SMARTS) is 2. The van der Waals surface area contributed by atoms with Crippen LogP contribution < -0.4 is 10.6 Å². The first kappa shape index (κ1) is 15.9. The second-order valence-corrected chi connectivity index (χ2v) is 3.75. The Morgan fingerprint density at radius 3 is 1.94 bits per heavy atom. The molecule has 8 heteroatoms. The Morgan fingerprint density at radius 1 is 0.944 bits per heavy atom. The van der Waals surface area contributed by atoms with Gasteiger partial charge in [0.2, 0.25) is 11.8 Å². The molecule has 0 saturated heterocycles. The highest BCUT2D eigenvalue weighted by Crippen LogP contribution is 1.92. The van der Waals surface area contributed by atoms with Gasteiger partial charge in [-0.25, -0.2) is 0 Å². The van der Waals surface area contributed by atoms with Gasteiger partial charge in [0.25, 0.3) is 0 Å². The number of nitrogens with one attached hydrogen (secondary N) is 2. The number of hydrogen-bond donors (Lipinski definition) is 4. The summed E-state index contributed by atoms with van der Waals surface area (Å²) < 4.78 is 0. The third-order valence-corrected chi connectivity index (χ3v) is 2.07. The molecule has 18 heavy (non-hydrogen) atoms. The second kappa shape index (κ2) is 7.25. The van der Waals surface area contributed by atoms with Crippen LogP contribution in [0.5, 0.6) is 0 Å². The summed E-state index contributed by atoms with van der Waals surface area (Å²) in [5.74, 6) is -3.52. The van der Waals surface area contributed by atoms with E-state index in [1.807, 2.05) is 0 Å². The van der Waals surface area contributed by atoms with Crippen LogP contribution in [0.2, 0.25) is 0 Å². The van der Waals surface area contributed by atoms with Gasteiger partial charge >= 0.3 is 11.9 Å². The minimum Gasteiger partial charge on any atom is -0.481 e. The van der Waals surface area contributed by atoms with Gasteiger partial charge in [-0.3, -0.25) is 19.2 Å². The fourth-order valence-electron chi connectivity index (χ4n) is 1.000. The Kier molecular flexibility index (Phi) is 6.40. The molecule has 0 aliphatic rings. The first-order valence-electron chi connectivity index (χ1n) is 5.28.